The summed E-state index contributed by atoms with van der Waals surface area (Å²) in [5.41, 5.74) is 0.264. The molecule has 0 radical (unpaired) electrons. The maximum Gasteiger partial charge on any atom is 1.00 e. The van der Waals surface area contributed by atoms with Crippen molar-refractivity contribution in [3.05, 3.63) is 29.6 Å². The normalized spacial score (nSPS) is 8.64. The van der Waals surface area contributed by atoms with E-state index in [9.17, 15) is 9.59 Å². The molecule has 5 nitrogen and oxygen atoms in total. The Balaban J connectivity index is 0. The van der Waals surface area contributed by atoms with Crippen molar-refractivity contribution in [2.45, 2.75) is 0 Å². The second-order valence-corrected chi connectivity index (χ2v) is 2.32. The van der Waals surface area contributed by atoms with Gasteiger partial charge in [-0.3, -0.25) is 9.78 Å². The molecule has 0 bridgehead atoms. The van der Waals surface area contributed by atoms with Crippen LogP contribution >= 0.6 is 0 Å². The monoisotopic (exact) mass is 188 g/mol. The zero-order valence-electron chi connectivity index (χ0n) is 8.94. The van der Waals surface area contributed by atoms with Gasteiger partial charge in [0.15, 0.2) is 0 Å². The number of nitrogens with zero attached hydrogens (tertiary/aromatic N) is 1. The van der Waals surface area contributed by atoms with Gasteiger partial charge in [-0.25, -0.2) is 4.79 Å². The van der Waals surface area contributed by atoms with Crippen LogP contribution in [0.1, 0.15) is 22.3 Å². The minimum absolute atomic E-state index is 0. The van der Waals surface area contributed by atoms with Crippen molar-refractivity contribution in [3.63, 3.8) is 0 Å². The van der Waals surface area contributed by atoms with E-state index in [1.54, 1.807) is 0 Å². The van der Waals surface area contributed by atoms with Crippen LogP contribution < -0.4 is 24.2 Å². The fourth-order valence-corrected chi connectivity index (χ4v) is 0.783. The fraction of sp³-hybridized carbons (Fsp3) is 0.125. The predicted octanol–water partition coefficient (Wildman–Crippen LogP) is -2.74. The van der Waals surface area contributed by atoms with Gasteiger partial charge in [-0.2, -0.15) is 0 Å². The Kier molecular flexibility index (Phi) is 4.92. The van der Waals surface area contributed by atoms with Crippen LogP contribution in [0.4, 0.5) is 0 Å². The summed E-state index contributed by atoms with van der Waals surface area (Å²) in [5, 5.41) is 10.9. The first kappa shape index (κ1) is 12.7. The maximum atomic E-state index is 11.0. The van der Waals surface area contributed by atoms with Crippen LogP contribution in [0, 0.1) is 0 Å². The number of pyridine rings is 1. The third-order valence-electron chi connectivity index (χ3n) is 1.47. The molecule has 0 unspecified atom stereocenters. The van der Waals surface area contributed by atoms with Crippen molar-refractivity contribution < 1.29 is 35.0 Å². The Hall–Kier alpha value is -1.31. The van der Waals surface area contributed by atoms with Crippen molar-refractivity contribution in [2.24, 2.45) is 0 Å². The van der Waals surface area contributed by atoms with E-state index in [-0.39, 0.29) is 37.5 Å². The second-order valence-electron chi connectivity index (χ2n) is 2.32. The van der Waals surface area contributed by atoms with Crippen LogP contribution in [0.15, 0.2) is 18.3 Å². The number of carbonyl (C=O) groups excluding carboxylic acids is 1. The zero-order valence-corrected chi connectivity index (χ0v) is 7.94. The number of carboxylic acid groups (broad SMARTS) is 1. The van der Waals surface area contributed by atoms with E-state index in [1.165, 1.54) is 19.2 Å². The van der Waals surface area contributed by atoms with Crippen molar-refractivity contribution in [1.29, 1.82) is 0 Å². The van der Waals surface area contributed by atoms with Crippen molar-refractivity contribution in [2.75, 3.05) is 7.05 Å². The van der Waals surface area contributed by atoms with Gasteiger partial charge in [0, 0.05) is 13.2 Å². The van der Waals surface area contributed by atoms with Gasteiger partial charge in [-0.05, 0) is 12.1 Å². The molecule has 0 spiro atoms. The second kappa shape index (κ2) is 5.42. The molecule has 1 amide bonds. The van der Waals surface area contributed by atoms with E-state index in [4.69, 9.17) is 5.11 Å². The molecule has 0 saturated heterocycles. The van der Waals surface area contributed by atoms with Gasteiger partial charge in [-0.15, -0.1) is 0 Å². The Morgan fingerprint density at radius 2 is 2.14 bits per heavy atom. The molecule has 70 valence electrons. The summed E-state index contributed by atoms with van der Waals surface area (Å²) < 4.78 is 0. The Morgan fingerprint density at radius 3 is 2.50 bits per heavy atom. The molecule has 0 aliphatic heterocycles. The van der Waals surface area contributed by atoms with Gasteiger partial charge in [0.25, 0.3) is 5.91 Å². The zero-order chi connectivity index (χ0) is 9.84. The smallest absolute Gasteiger partial charge is 1.00 e. The molecule has 0 atom stereocenters. The number of rotatable bonds is 2. The molecule has 0 aromatic carbocycles. The fourth-order valence-electron chi connectivity index (χ4n) is 0.783. The topological polar surface area (TPSA) is 79.3 Å². The molecule has 0 fully saturated rings. The first-order valence-corrected chi connectivity index (χ1v) is 3.56. The molecule has 2 N–H and O–H groups in total. The van der Waals surface area contributed by atoms with Gasteiger partial charge < -0.3 is 11.8 Å². The summed E-state index contributed by atoms with van der Waals surface area (Å²) in [5.74, 6) is -1.40. The maximum absolute atomic E-state index is 11.0. The van der Waals surface area contributed by atoms with Crippen LogP contribution in [-0.4, -0.2) is 29.0 Å². The summed E-state index contributed by atoms with van der Waals surface area (Å²) in [6.07, 6.45) is 1.15. The van der Waals surface area contributed by atoms with Gasteiger partial charge in [0.2, 0.25) is 0 Å². The number of amides is 1. The quantitative estimate of drug-likeness (QED) is 0.493. The minimum Gasteiger partial charge on any atom is -1.00 e. The van der Waals surface area contributed by atoms with Gasteiger partial charge in [-0.1, -0.05) is 0 Å². The number of hydrogen-bond acceptors (Lipinski definition) is 3. The van der Waals surface area contributed by atoms with Crippen LogP contribution in [-0.2, 0) is 0 Å². The standard InChI is InChI=1S/C8H8N2O3.Li.H/c1-9-7(11)6-3-2-5(4-10-6)8(12)13;;/h2-4H,1H3,(H,9,11)(H,12,13);;/q;+1;-1. The average Bonchev–Trinajstić information content (AvgIpc) is 2.17. The summed E-state index contributed by atoms with van der Waals surface area (Å²) in [6.45, 7) is 0. The molecule has 1 aromatic heterocycles. The first-order chi connectivity index (χ1) is 6.15. The van der Waals surface area contributed by atoms with E-state index in [1.807, 2.05) is 0 Å². The van der Waals surface area contributed by atoms with Gasteiger partial charge >= 0.3 is 24.8 Å². The van der Waals surface area contributed by atoms with Crippen molar-refractivity contribution in [1.82, 2.24) is 10.3 Å². The molecule has 0 aliphatic carbocycles. The first-order valence-electron chi connectivity index (χ1n) is 3.56. The molecule has 14 heavy (non-hydrogen) atoms. The third-order valence-corrected chi connectivity index (χ3v) is 1.47. The Morgan fingerprint density at radius 1 is 1.50 bits per heavy atom. The largest absolute Gasteiger partial charge is 1.00 e. The van der Waals surface area contributed by atoms with Crippen LogP contribution in [0.2, 0.25) is 0 Å². The molecule has 0 aliphatic rings. The van der Waals surface area contributed by atoms with E-state index >= 15 is 0 Å². The number of hydrogen-bond donors (Lipinski definition) is 2. The number of aromatic carboxylic acids is 1. The summed E-state index contributed by atoms with van der Waals surface area (Å²) >= 11 is 0. The molecule has 1 aromatic rings. The Labute approximate surface area is 94.2 Å². The molecule has 0 saturated carbocycles. The molecular weight excluding hydrogens is 179 g/mol. The third kappa shape index (κ3) is 2.87. The number of nitrogens with one attached hydrogen (secondary N) is 1. The Bertz CT molecular complexity index is 342. The van der Waals surface area contributed by atoms with Gasteiger partial charge in [0.05, 0.1) is 5.56 Å². The van der Waals surface area contributed by atoms with E-state index < -0.39 is 5.97 Å². The average molecular weight is 188 g/mol. The van der Waals surface area contributed by atoms with Crippen molar-refractivity contribution >= 4 is 11.9 Å². The number of carbonyl (C=O) groups is 2. The van der Waals surface area contributed by atoms with Crippen LogP contribution in [0.25, 0.3) is 0 Å². The molecular formula is C8H9LiN2O3. The number of aromatic nitrogens is 1. The van der Waals surface area contributed by atoms with Crippen molar-refractivity contribution in [3.8, 4) is 0 Å². The molecule has 6 heteroatoms. The van der Waals surface area contributed by atoms with E-state index in [0.29, 0.717) is 0 Å². The summed E-state index contributed by atoms with van der Waals surface area (Å²) in [6, 6.07) is 2.70. The SMILES string of the molecule is CNC(=O)c1ccc(C(=O)O)cn1.[H-].[Li+]. The molecule has 1 heterocycles. The predicted molar refractivity (Wildman–Crippen MR) is 45.7 cm³/mol. The summed E-state index contributed by atoms with van der Waals surface area (Å²) in [7, 11) is 1.48. The van der Waals surface area contributed by atoms with Crippen LogP contribution in [0.5, 0.6) is 0 Å². The van der Waals surface area contributed by atoms with Gasteiger partial charge in [0.1, 0.15) is 5.69 Å². The molecule has 1 rings (SSSR count). The number of carboxylic acids is 1. The van der Waals surface area contributed by atoms with Crippen LogP contribution in [0.3, 0.4) is 0 Å². The van der Waals surface area contributed by atoms with E-state index in [0.717, 1.165) is 6.20 Å². The summed E-state index contributed by atoms with van der Waals surface area (Å²) in [4.78, 5) is 25.1. The van der Waals surface area contributed by atoms with E-state index in [2.05, 4.69) is 10.3 Å². The minimum atomic E-state index is -1.06.